The van der Waals surface area contributed by atoms with Gasteiger partial charge in [0.05, 0.1) is 18.2 Å². The zero-order valence-electron chi connectivity index (χ0n) is 16.3. The van der Waals surface area contributed by atoms with E-state index in [9.17, 15) is 19.5 Å². The summed E-state index contributed by atoms with van der Waals surface area (Å²) in [5.41, 5.74) is 2.21. The number of hydrogen-bond acceptors (Lipinski definition) is 5. The highest BCUT2D eigenvalue weighted by Gasteiger charge is 2.26. The van der Waals surface area contributed by atoms with Gasteiger partial charge in [0.2, 0.25) is 5.91 Å². The van der Waals surface area contributed by atoms with Gasteiger partial charge in [-0.1, -0.05) is 20.3 Å². The van der Waals surface area contributed by atoms with Gasteiger partial charge in [-0.05, 0) is 37.0 Å². The van der Waals surface area contributed by atoms with E-state index in [2.05, 4.69) is 5.32 Å². The minimum Gasteiger partial charge on any atom is -0.480 e. The fraction of sp³-hybridized carbons (Fsp3) is 0.381. The van der Waals surface area contributed by atoms with Gasteiger partial charge >= 0.3 is 11.6 Å². The lowest BCUT2D eigenvalue weighted by Gasteiger charge is -2.20. The van der Waals surface area contributed by atoms with E-state index >= 15 is 0 Å². The van der Waals surface area contributed by atoms with Crippen LogP contribution >= 0.6 is 0 Å². The van der Waals surface area contributed by atoms with Gasteiger partial charge in [0, 0.05) is 16.8 Å². The molecule has 0 aliphatic heterocycles. The monoisotopic (exact) mass is 385 g/mol. The van der Waals surface area contributed by atoms with E-state index in [1.54, 1.807) is 26.2 Å². The normalized spacial score (nSPS) is 13.6. The molecule has 0 spiro atoms. The molecular weight excluding hydrogens is 362 g/mol. The maximum absolute atomic E-state index is 12.4. The summed E-state index contributed by atoms with van der Waals surface area (Å²) in [5, 5.41) is 13.5. The number of nitrogens with one attached hydrogen (secondary N) is 1. The lowest BCUT2D eigenvalue weighted by molar-refractivity contribution is -0.143. The summed E-state index contributed by atoms with van der Waals surface area (Å²) < 4.78 is 10.8. The van der Waals surface area contributed by atoms with E-state index < -0.39 is 23.5 Å². The number of aryl methyl sites for hydroxylation is 2. The largest absolute Gasteiger partial charge is 0.480 e. The fourth-order valence-electron chi connectivity index (χ4n) is 3.31. The summed E-state index contributed by atoms with van der Waals surface area (Å²) >= 11 is 0. The van der Waals surface area contributed by atoms with Gasteiger partial charge < -0.3 is 19.3 Å². The van der Waals surface area contributed by atoms with Gasteiger partial charge in [-0.2, -0.15) is 0 Å². The van der Waals surface area contributed by atoms with E-state index in [1.165, 1.54) is 0 Å². The minimum absolute atomic E-state index is 0.221. The Hall–Kier alpha value is -3.09. The Kier molecular flexibility index (Phi) is 5.27. The number of furan rings is 1. The zero-order valence-corrected chi connectivity index (χ0v) is 16.3. The first-order valence-electron chi connectivity index (χ1n) is 9.19. The van der Waals surface area contributed by atoms with Crippen molar-refractivity contribution in [1.82, 2.24) is 5.32 Å². The van der Waals surface area contributed by atoms with Crippen molar-refractivity contribution in [1.29, 1.82) is 0 Å². The number of carboxylic acids is 1. The Morgan fingerprint density at radius 1 is 1.18 bits per heavy atom. The van der Waals surface area contributed by atoms with Crippen molar-refractivity contribution in [2.24, 2.45) is 5.92 Å². The van der Waals surface area contributed by atoms with Crippen molar-refractivity contribution in [3.05, 3.63) is 45.5 Å². The van der Waals surface area contributed by atoms with Gasteiger partial charge in [-0.15, -0.1) is 0 Å². The van der Waals surface area contributed by atoms with Crippen LogP contribution in [0.4, 0.5) is 0 Å². The molecule has 0 bridgehead atoms. The van der Waals surface area contributed by atoms with Gasteiger partial charge in [-0.3, -0.25) is 4.79 Å². The molecule has 1 aromatic carbocycles. The van der Waals surface area contributed by atoms with Crippen LogP contribution < -0.4 is 10.9 Å². The molecule has 0 radical (unpaired) electrons. The highest BCUT2D eigenvalue weighted by atomic mass is 16.4. The molecule has 2 heterocycles. The van der Waals surface area contributed by atoms with Crippen LogP contribution in [0.25, 0.3) is 21.9 Å². The summed E-state index contributed by atoms with van der Waals surface area (Å²) in [6.07, 6.45) is 1.99. The second kappa shape index (κ2) is 7.50. The molecule has 2 aromatic heterocycles. The van der Waals surface area contributed by atoms with Crippen molar-refractivity contribution >= 4 is 33.8 Å². The van der Waals surface area contributed by atoms with Crippen LogP contribution in [0.5, 0.6) is 0 Å². The third-order valence-corrected chi connectivity index (χ3v) is 5.31. The number of carboxylic acid groups (broad SMARTS) is 1. The lowest BCUT2D eigenvalue weighted by atomic mass is 9.98. The van der Waals surface area contributed by atoms with Crippen LogP contribution in [-0.2, 0) is 16.0 Å². The van der Waals surface area contributed by atoms with E-state index in [1.807, 2.05) is 19.9 Å². The summed E-state index contributed by atoms with van der Waals surface area (Å²) in [4.78, 5) is 36.3. The molecule has 7 nitrogen and oxygen atoms in total. The molecule has 0 saturated carbocycles. The Morgan fingerprint density at radius 3 is 2.54 bits per heavy atom. The predicted molar refractivity (Wildman–Crippen MR) is 104 cm³/mol. The molecule has 0 saturated heterocycles. The average Bonchev–Trinajstić information content (AvgIpc) is 3.01. The minimum atomic E-state index is -1.09. The van der Waals surface area contributed by atoms with E-state index in [4.69, 9.17) is 8.83 Å². The molecule has 2 N–H and O–H groups in total. The van der Waals surface area contributed by atoms with Gasteiger partial charge in [0.1, 0.15) is 17.2 Å². The molecule has 3 rings (SSSR count). The van der Waals surface area contributed by atoms with Crippen LogP contribution in [0, 0.1) is 19.8 Å². The molecule has 0 fully saturated rings. The van der Waals surface area contributed by atoms with Crippen molar-refractivity contribution in [3.63, 3.8) is 0 Å². The Bertz CT molecular complexity index is 1120. The molecule has 3 aromatic rings. The first-order chi connectivity index (χ1) is 13.2. The van der Waals surface area contributed by atoms with E-state index in [-0.39, 0.29) is 17.9 Å². The number of rotatable bonds is 6. The number of carbonyl (C=O) groups is 2. The van der Waals surface area contributed by atoms with Crippen LogP contribution in [0.3, 0.4) is 0 Å². The SMILES string of the molecule is CC[C@@H](C)[C@@H](NC(=O)Cc1c(C)c2cc3c(C)coc3cc2oc1=O)C(=O)O. The molecular formula is C21H23NO6. The van der Waals surface area contributed by atoms with Crippen LogP contribution in [0.1, 0.15) is 37.0 Å². The first-order valence-corrected chi connectivity index (χ1v) is 9.19. The summed E-state index contributed by atoms with van der Waals surface area (Å²) in [7, 11) is 0. The Morgan fingerprint density at radius 2 is 1.89 bits per heavy atom. The Labute approximate surface area is 161 Å². The summed E-state index contributed by atoms with van der Waals surface area (Å²) in [6.45, 7) is 7.29. The number of fused-ring (bicyclic) bond motifs is 2. The van der Waals surface area contributed by atoms with E-state index in [0.717, 1.165) is 16.3 Å². The third kappa shape index (κ3) is 3.52. The molecule has 28 heavy (non-hydrogen) atoms. The number of benzene rings is 1. The van der Waals surface area contributed by atoms with Crippen LogP contribution in [-0.4, -0.2) is 23.0 Å². The van der Waals surface area contributed by atoms with Crippen molar-refractivity contribution in [2.45, 2.75) is 46.6 Å². The molecule has 0 aliphatic rings. The molecule has 7 heteroatoms. The quantitative estimate of drug-likeness (QED) is 0.630. The summed E-state index contributed by atoms with van der Waals surface area (Å²) in [5.74, 6) is -1.85. The molecule has 0 aliphatic carbocycles. The second-order valence-electron chi connectivity index (χ2n) is 7.20. The smallest absolute Gasteiger partial charge is 0.340 e. The third-order valence-electron chi connectivity index (χ3n) is 5.31. The molecule has 0 unspecified atom stereocenters. The van der Waals surface area contributed by atoms with Crippen molar-refractivity contribution < 1.29 is 23.5 Å². The average molecular weight is 385 g/mol. The number of carbonyl (C=O) groups excluding carboxylic acids is 1. The summed E-state index contributed by atoms with van der Waals surface area (Å²) in [6, 6.07) is 2.54. The van der Waals surface area contributed by atoms with Crippen molar-refractivity contribution in [3.8, 4) is 0 Å². The van der Waals surface area contributed by atoms with Gasteiger partial charge in [-0.25, -0.2) is 9.59 Å². The second-order valence-corrected chi connectivity index (χ2v) is 7.20. The van der Waals surface area contributed by atoms with E-state index in [0.29, 0.717) is 23.2 Å². The van der Waals surface area contributed by atoms with Gasteiger partial charge in [0.25, 0.3) is 0 Å². The number of hydrogen-bond donors (Lipinski definition) is 2. The maximum atomic E-state index is 12.4. The highest BCUT2D eigenvalue weighted by Crippen LogP contribution is 2.28. The number of aliphatic carboxylic acids is 1. The molecule has 148 valence electrons. The maximum Gasteiger partial charge on any atom is 0.340 e. The first kappa shape index (κ1) is 19.7. The van der Waals surface area contributed by atoms with Crippen LogP contribution in [0.2, 0.25) is 0 Å². The highest BCUT2D eigenvalue weighted by molar-refractivity contribution is 5.96. The zero-order chi connectivity index (χ0) is 20.6. The van der Waals surface area contributed by atoms with Crippen molar-refractivity contribution in [2.75, 3.05) is 0 Å². The predicted octanol–water partition coefficient (Wildman–Crippen LogP) is 3.31. The topological polar surface area (TPSA) is 110 Å². The standard InChI is InChI=1S/C21H23NO6/c1-5-10(2)19(20(24)25)22-18(23)7-15-12(4)14-6-13-11(3)9-27-16(13)8-17(14)28-21(15)26/h6,8-10,19H,5,7H2,1-4H3,(H,22,23)(H,24,25)/t10-,19-/m1/s1. The molecule has 1 amide bonds. The Balaban J connectivity index is 1.97. The fourth-order valence-corrected chi connectivity index (χ4v) is 3.31. The number of amides is 1. The lowest BCUT2D eigenvalue weighted by Crippen LogP contribution is -2.45. The van der Waals surface area contributed by atoms with Crippen LogP contribution in [0.15, 0.2) is 32.0 Å². The molecule has 2 atom stereocenters. The van der Waals surface area contributed by atoms with Gasteiger partial charge in [0.15, 0.2) is 0 Å².